The highest BCUT2D eigenvalue weighted by Gasteiger charge is 1.97. The molecule has 0 aliphatic rings. The maximum absolute atomic E-state index is 4.21. The van der Waals surface area contributed by atoms with Crippen molar-refractivity contribution in [2.75, 3.05) is 6.54 Å². The molecule has 2 aromatic heterocycles. The average molecular weight is 267 g/mol. The Labute approximate surface area is 117 Å². The van der Waals surface area contributed by atoms with E-state index >= 15 is 0 Å². The summed E-state index contributed by atoms with van der Waals surface area (Å²) in [5.74, 6) is 0. The molecule has 0 aliphatic carbocycles. The van der Waals surface area contributed by atoms with Crippen LogP contribution in [0.2, 0.25) is 0 Å². The Hall–Kier alpha value is -2.40. The van der Waals surface area contributed by atoms with E-state index in [1.54, 1.807) is 12.4 Å². The molecular weight excluding hydrogens is 250 g/mol. The Morgan fingerprint density at radius 2 is 1.95 bits per heavy atom. The largest absolute Gasteiger partial charge is 0.336 e. The summed E-state index contributed by atoms with van der Waals surface area (Å²) in [5.41, 5.74) is 2.35. The van der Waals surface area contributed by atoms with Gasteiger partial charge in [-0.2, -0.15) is 5.10 Å². The van der Waals surface area contributed by atoms with Crippen molar-refractivity contribution in [3.63, 3.8) is 0 Å². The molecule has 0 saturated heterocycles. The second kappa shape index (κ2) is 6.16. The first-order valence-electron chi connectivity index (χ1n) is 6.67. The predicted octanol–water partition coefficient (Wildman–Crippen LogP) is 1.86. The third kappa shape index (κ3) is 3.13. The molecule has 0 saturated carbocycles. The van der Waals surface area contributed by atoms with Gasteiger partial charge in [-0.15, -0.1) is 0 Å². The fourth-order valence-electron chi connectivity index (χ4n) is 2.05. The molecule has 102 valence electrons. The van der Waals surface area contributed by atoms with Crippen LogP contribution in [0.15, 0.2) is 61.4 Å². The van der Waals surface area contributed by atoms with Gasteiger partial charge < -0.3 is 9.88 Å². The Kier molecular flexibility index (Phi) is 3.89. The first-order valence-corrected chi connectivity index (χ1v) is 6.67. The van der Waals surface area contributed by atoms with Gasteiger partial charge in [-0.3, -0.25) is 0 Å². The van der Waals surface area contributed by atoms with E-state index in [2.05, 4.69) is 44.2 Å². The van der Waals surface area contributed by atoms with Crippen LogP contribution in [0.1, 0.15) is 5.56 Å². The normalized spacial score (nSPS) is 10.8. The monoisotopic (exact) mass is 267 g/mol. The summed E-state index contributed by atoms with van der Waals surface area (Å²) in [5, 5.41) is 7.64. The second-order valence-corrected chi connectivity index (χ2v) is 4.59. The highest BCUT2D eigenvalue weighted by atomic mass is 15.3. The summed E-state index contributed by atoms with van der Waals surface area (Å²) in [4.78, 5) is 4.02. The minimum absolute atomic E-state index is 0.869. The van der Waals surface area contributed by atoms with Crippen molar-refractivity contribution in [2.45, 2.75) is 13.1 Å². The number of hydrogen-bond donors (Lipinski definition) is 1. The molecule has 0 spiro atoms. The van der Waals surface area contributed by atoms with Gasteiger partial charge >= 0.3 is 0 Å². The third-order valence-corrected chi connectivity index (χ3v) is 3.14. The van der Waals surface area contributed by atoms with E-state index in [9.17, 15) is 0 Å². The van der Waals surface area contributed by atoms with Crippen molar-refractivity contribution in [1.29, 1.82) is 0 Å². The van der Waals surface area contributed by atoms with Gasteiger partial charge in [-0.1, -0.05) is 12.1 Å². The molecule has 5 nitrogen and oxygen atoms in total. The summed E-state index contributed by atoms with van der Waals surface area (Å²) in [7, 11) is 0. The maximum atomic E-state index is 4.21. The van der Waals surface area contributed by atoms with Gasteiger partial charge in [-0.25, -0.2) is 9.67 Å². The highest BCUT2D eigenvalue weighted by molar-refractivity contribution is 5.33. The van der Waals surface area contributed by atoms with E-state index in [-0.39, 0.29) is 0 Å². The van der Waals surface area contributed by atoms with Gasteiger partial charge in [-0.05, 0) is 23.8 Å². The number of hydrogen-bond acceptors (Lipinski definition) is 3. The molecule has 1 aromatic carbocycles. The number of nitrogens with zero attached hydrogens (tertiary/aromatic N) is 4. The molecule has 0 aliphatic heterocycles. The molecule has 2 heterocycles. The van der Waals surface area contributed by atoms with Crippen LogP contribution in [0.5, 0.6) is 0 Å². The molecule has 3 rings (SSSR count). The van der Waals surface area contributed by atoms with Crippen molar-refractivity contribution in [1.82, 2.24) is 24.6 Å². The summed E-state index contributed by atoms with van der Waals surface area (Å²) in [6.45, 7) is 2.73. The zero-order valence-electron chi connectivity index (χ0n) is 11.2. The first-order chi connectivity index (χ1) is 9.92. The number of rotatable bonds is 6. The average Bonchev–Trinajstić information content (AvgIpc) is 3.17. The van der Waals surface area contributed by atoms with Gasteiger partial charge in [0.05, 0.1) is 12.0 Å². The first kappa shape index (κ1) is 12.6. The van der Waals surface area contributed by atoms with Crippen molar-refractivity contribution in [3.05, 3.63) is 67.0 Å². The predicted molar refractivity (Wildman–Crippen MR) is 77.5 cm³/mol. The van der Waals surface area contributed by atoms with Crippen molar-refractivity contribution in [3.8, 4) is 5.69 Å². The SMILES string of the molecule is c1cnn(-c2ccc(CNCCn3ccnc3)cc2)c1. The quantitative estimate of drug-likeness (QED) is 0.693. The molecule has 5 heteroatoms. The summed E-state index contributed by atoms with van der Waals surface area (Å²) in [6, 6.07) is 10.3. The van der Waals surface area contributed by atoms with Gasteiger partial charge in [0.1, 0.15) is 0 Å². The van der Waals surface area contributed by atoms with Gasteiger partial charge in [0, 0.05) is 44.4 Å². The van der Waals surface area contributed by atoms with Crippen molar-refractivity contribution < 1.29 is 0 Å². The Bertz CT molecular complexity index is 611. The van der Waals surface area contributed by atoms with Gasteiger partial charge in [0.25, 0.3) is 0 Å². The van der Waals surface area contributed by atoms with Gasteiger partial charge in [0.2, 0.25) is 0 Å². The van der Waals surface area contributed by atoms with Crippen molar-refractivity contribution in [2.24, 2.45) is 0 Å². The second-order valence-electron chi connectivity index (χ2n) is 4.59. The van der Waals surface area contributed by atoms with Crippen LogP contribution in [0.3, 0.4) is 0 Å². The van der Waals surface area contributed by atoms with Crippen molar-refractivity contribution >= 4 is 0 Å². The van der Waals surface area contributed by atoms with Crippen LogP contribution in [0.4, 0.5) is 0 Å². The van der Waals surface area contributed by atoms with Crippen LogP contribution in [0.25, 0.3) is 5.69 Å². The molecule has 0 radical (unpaired) electrons. The molecular formula is C15H17N5. The Morgan fingerprint density at radius 1 is 1.05 bits per heavy atom. The molecule has 0 amide bonds. The van der Waals surface area contributed by atoms with E-state index in [0.717, 1.165) is 25.3 Å². The smallest absolute Gasteiger partial charge is 0.0946 e. The van der Waals surface area contributed by atoms with Gasteiger partial charge in [0.15, 0.2) is 0 Å². The summed E-state index contributed by atoms with van der Waals surface area (Å²) < 4.78 is 3.92. The summed E-state index contributed by atoms with van der Waals surface area (Å²) >= 11 is 0. The minimum atomic E-state index is 0.869. The third-order valence-electron chi connectivity index (χ3n) is 3.14. The highest BCUT2D eigenvalue weighted by Crippen LogP contribution is 2.08. The Morgan fingerprint density at radius 3 is 2.65 bits per heavy atom. The van der Waals surface area contributed by atoms with E-state index in [1.165, 1.54) is 5.56 Å². The van der Waals surface area contributed by atoms with E-state index in [4.69, 9.17) is 0 Å². The fraction of sp³-hybridized carbons (Fsp3) is 0.200. The number of imidazole rings is 1. The van der Waals surface area contributed by atoms with Crippen LogP contribution in [-0.2, 0) is 13.1 Å². The standard InChI is InChI=1S/C15H17N5/c1-6-18-20(9-1)15-4-2-14(3-5-15)12-16-7-10-19-11-8-17-13-19/h1-6,8-9,11,13,16H,7,10,12H2. The molecule has 0 atom stereocenters. The maximum Gasteiger partial charge on any atom is 0.0946 e. The lowest BCUT2D eigenvalue weighted by Crippen LogP contribution is -2.18. The molecule has 0 bridgehead atoms. The minimum Gasteiger partial charge on any atom is -0.336 e. The lowest BCUT2D eigenvalue weighted by molar-refractivity contribution is 0.597. The van der Waals surface area contributed by atoms with E-state index in [1.807, 2.05) is 29.5 Å². The van der Waals surface area contributed by atoms with Crippen LogP contribution in [-0.4, -0.2) is 25.9 Å². The molecule has 0 unspecified atom stereocenters. The van der Waals surface area contributed by atoms with Crippen LogP contribution in [0, 0.1) is 0 Å². The number of aromatic nitrogens is 4. The fourth-order valence-corrected chi connectivity index (χ4v) is 2.05. The van der Waals surface area contributed by atoms with Crippen LogP contribution < -0.4 is 5.32 Å². The molecule has 1 N–H and O–H groups in total. The lowest BCUT2D eigenvalue weighted by Gasteiger charge is -2.07. The van der Waals surface area contributed by atoms with E-state index in [0.29, 0.717) is 0 Å². The molecule has 3 aromatic rings. The topological polar surface area (TPSA) is 47.7 Å². The summed E-state index contributed by atoms with van der Waals surface area (Å²) in [6.07, 6.45) is 9.33. The number of benzene rings is 1. The lowest BCUT2D eigenvalue weighted by atomic mass is 10.2. The van der Waals surface area contributed by atoms with Crippen LogP contribution >= 0.6 is 0 Å². The Balaban J connectivity index is 1.48. The molecule has 0 fully saturated rings. The number of nitrogens with one attached hydrogen (secondary N) is 1. The zero-order chi connectivity index (χ0) is 13.6. The van der Waals surface area contributed by atoms with E-state index < -0.39 is 0 Å². The molecule has 20 heavy (non-hydrogen) atoms. The zero-order valence-corrected chi connectivity index (χ0v) is 11.2.